The Morgan fingerprint density at radius 2 is 0.476 bits per heavy atom. The van der Waals surface area contributed by atoms with Gasteiger partial charge in [-0.15, -0.1) is 0 Å². The Morgan fingerprint density at radius 1 is 0.265 bits per heavy atom. The van der Waals surface area contributed by atoms with Crippen molar-refractivity contribution in [2.24, 2.45) is 0 Å². The van der Waals surface area contributed by atoms with E-state index < -0.39 is 38.8 Å². The van der Waals surface area contributed by atoms with Crippen LogP contribution >= 0.6 is 47.6 Å². The van der Waals surface area contributed by atoms with Gasteiger partial charge in [0, 0.05) is 58.3 Å². The number of aliphatic hydroxyl groups is 2. The first-order chi connectivity index (χ1) is 72.0. The summed E-state index contributed by atoms with van der Waals surface area (Å²) in [5.74, 6) is 1.49. The van der Waals surface area contributed by atoms with E-state index in [4.69, 9.17) is 58.2 Å². The molecule has 0 bridgehead atoms. The molecule has 1 saturated heterocycles. The van der Waals surface area contributed by atoms with Gasteiger partial charge in [-0.2, -0.15) is 0 Å². The van der Waals surface area contributed by atoms with Crippen molar-refractivity contribution >= 4 is 135 Å². The van der Waals surface area contributed by atoms with Crippen LogP contribution in [0.4, 0.5) is 0 Å². The van der Waals surface area contributed by atoms with E-state index in [1.807, 2.05) is 97.1 Å². The number of hydrogen-bond acceptors (Lipinski definition) is 14. The van der Waals surface area contributed by atoms with Gasteiger partial charge in [0.15, 0.2) is 11.6 Å². The predicted molar refractivity (Wildman–Crippen MR) is 612 cm³/mol. The minimum atomic E-state index is -1.50. The van der Waals surface area contributed by atoms with Crippen molar-refractivity contribution < 1.29 is 88.2 Å². The Kier molecular flexibility index (Phi) is 52.5. The molecule has 0 aromatic heterocycles. The zero-order valence-corrected chi connectivity index (χ0v) is 89.0. The van der Waals surface area contributed by atoms with E-state index in [9.17, 15) is 9.59 Å². The SMILES string of the molecule is C1COCCO1.COc1ccc(-c2ccc(C(=O)c3ccccc3)cc2)cc1COCCOCCO.COc1ccc(Br)cc1COCCOCCO.O=C(c1ccccc1)c1ccc(B(O)O)cc1.[Pd].c1ccc(P(c2ccccc2)c2ccccc2)cc1.c1ccc(P(c2ccccc2)c2ccccc2)cc1.c1ccc(P(c2ccccc2)c2ccccc2)cc1.c1ccc(P(c2ccccc2)c2ccccc2)cc1. The van der Waals surface area contributed by atoms with Crippen LogP contribution in [0.5, 0.6) is 11.5 Å². The summed E-state index contributed by atoms with van der Waals surface area (Å²) in [6, 6.07) is 173. The minimum Gasteiger partial charge on any atom is -0.496 e. The van der Waals surface area contributed by atoms with Crippen molar-refractivity contribution in [2.75, 3.05) is 93.5 Å². The third-order valence-corrected chi connectivity index (χ3v) is 32.5. The van der Waals surface area contributed by atoms with Gasteiger partial charge in [0.1, 0.15) is 11.5 Å². The zero-order chi connectivity index (χ0) is 102. The first kappa shape index (κ1) is 115. The molecule has 1 heterocycles. The number of benzene rings is 18. The zero-order valence-electron chi connectivity index (χ0n) is 82.3. The van der Waals surface area contributed by atoms with Gasteiger partial charge in [0.05, 0.1) is 107 Å². The molecule has 18 aromatic rings. The number of halogens is 1. The fourth-order valence-electron chi connectivity index (χ4n) is 15.2. The van der Waals surface area contributed by atoms with Crippen molar-refractivity contribution in [3.8, 4) is 22.6 Å². The average Bonchev–Trinajstić information content (AvgIpc) is 0.836. The second kappa shape index (κ2) is 67.3. The van der Waals surface area contributed by atoms with Crippen molar-refractivity contribution in [3.63, 3.8) is 0 Å². The number of hydrogen-bond donors (Lipinski definition) is 4. The predicted octanol–water partition coefficient (Wildman–Crippen LogP) is 20.5. The molecule has 1 aliphatic heterocycles. The smallest absolute Gasteiger partial charge is 0.488 e. The van der Waals surface area contributed by atoms with Gasteiger partial charge in [0.2, 0.25) is 0 Å². The quantitative estimate of drug-likeness (QED) is 0.0129. The van der Waals surface area contributed by atoms with E-state index in [1.54, 1.807) is 50.6 Å². The maximum atomic E-state index is 12.6. The van der Waals surface area contributed by atoms with Crippen molar-refractivity contribution in [1.82, 2.24) is 0 Å². The number of methoxy groups -OCH3 is 2. The molecule has 1 aliphatic rings. The van der Waals surface area contributed by atoms with Crippen molar-refractivity contribution in [1.29, 1.82) is 0 Å². The average molecular weight is 2180 g/mol. The van der Waals surface area contributed by atoms with E-state index in [2.05, 4.69) is 380 Å². The van der Waals surface area contributed by atoms with Crippen LogP contribution in [-0.4, -0.2) is 132 Å². The number of ketones is 2. The Labute approximate surface area is 893 Å². The Bertz CT molecular complexity index is 5750. The first-order valence-corrected chi connectivity index (χ1v) is 54.4. The molecule has 0 saturated carbocycles. The van der Waals surface area contributed by atoms with E-state index >= 15 is 0 Å². The van der Waals surface area contributed by atoms with Gasteiger partial charge in [-0.05, 0) is 142 Å². The molecular weight excluding hydrogens is 2060 g/mol. The van der Waals surface area contributed by atoms with Crippen LogP contribution in [0.2, 0.25) is 0 Å². The monoisotopic (exact) mass is 2180 g/mol. The number of carbonyl (C=O) groups is 2. The molecule has 0 spiro atoms. The number of carbonyl (C=O) groups excluding carboxylic acids is 2. The third-order valence-electron chi connectivity index (χ3n) is 22.2. The molecule has 147 heavy (non-hydrogen) atoms. The van der Waals surface area contributed by atoms with E-state index in [1.165, 1.54) is 75.8 Å². The summed E-state index contributed by atoms with van der Waals surface area (Å²) in [5.41, 5.74) is 6.80. The van der Waals surface area contributed by atoms with Gasteiger partial charge in [0.25, 0.3) is 0 Å². The molecule has 0 amide bonds. The molecule has 4 N–H and O–H groups in total. The molecule has 1 fully saturated rings. The van der Waals surface area contributed by atoms with Crippen LogP contribution in [-0.2, 0) is 62.1 Å². The van der Waals surface area contributed by atoms with E-state index in [0.717, 1.165) is 64.7 Å². The van der Waals surface area contributed by atoms with Gasteiger partial charge >= 0.3 is 7.12 Å². The fourth-order valence-corrected chi connectivity index (χ4v) is 24.8. The largest absolute Gasteiger partial charge is 0.496 e. The summed E-state index contributed by atoms with van der Waals surface area (Å²) in [5, 5.41) is 51.9. The summed E-state index contributed by atoms with van der Waals surface area (Å²) in [6.07, 6.45) is 0. The third kappa shape index (κ3) is 38.9. The molecule has 18 aromatic carbocycles. The molecule has 21 heteroatoms. The van der Waals surface area contributed by atoms with Crippen LogP contribution in [0.1, 0.15) is 43.0 Å². The summed E-state index contributed by atoms with van der Waals surface area (Å²) >= 11 is 3.41. The van der Waals surface area contributed by atoms with Gasteiger partial charge in [-0.25, -0.2) is 0 Å². The molecule has 750 valence electrons. The second-order valence-electron chi connectivity index (χ2n) is 32.3. The summed E-state index contributed by atoms with van der Waals surface area (Å²) in [6.45, 7) is 6.53. The first-order valence-electron chi connectivity index (χ1n) is 48.2. The van der Waals surface area contributed by atoms with Crippen LogP contribution in [0.25, 0.3) is 11.1 Å². The van der Waals surface area contributed by atoms with E-state index in [0.29, 0.717) is 80.6 Å². The maximum Gasteiger partial charge on any atom is 0.488 e. The second-order valence-corrected chi connectivity index (χ2v) is 42.1. The van der Waals surface area contributed by atoms with E-state index in [-0.39, 0.29) is 45.2 Å². The normalized spacial score (nSPS) is 11.0. The number of ether oxygens (including phenoxy) is 8. The number of rotatable bonds is 34. The Balaban J connectivity index is 0.000000162. The molecule has 14 nitrogen and oxygen atoms in total. The topological polar surface area (TPSA) is 189 Å². The Hall–Kier alpha value is -12.6. The fraction of sp³-hybridized carbons (Fsp3) is 0.127. The van der Waals surface area contributed by atoms with Crippen molar-refractivity contribution in [3.05, 3.63) is 547 Å². The van der Waals surface area contributed by atoms with Crippen LogP contribution < -0.4 is 78.6 Å². The van der Waals surface area contributed by atoms with Crippen LogP contribution in [0.3, 0.4) is 0 Å². The Morgan fingerprint density at radius 3 is 0.707 bits per heavy atom. The summed E-state index contributed by atoms with van der Waals surface area (Å²) in [4.78, 5) is 24.6. The van der Waals surface area contributed by atoms with Crippen LogP contribution in [0, 0.1) is 0 Å². The van der Waals surface area contributed by atoms with Crippen LogP contribution in [0.15, 0.2) is 514 Å². The van der Waals surface area contributed by atoms with Crippen molar-refractivity contribution in [2.45, 2.75) is 13.2 Å². The minimum absolute atomic E-state index is 0. The molecule has 0 radical (unpaired) electrons. The molecule has 0 unspecified atom stereocenters. The molecular formula is C126H122BBrO14P4Pd. The summed E-state index contributed by atoms with van der Waals surface area (Å²) < 4.78 is 43.0. The van der Waals surface area contributed by atoms with Gasteiger partial charge in [-0.3, -0.25) is 9.59 Å². The molecule has 0 aliphatic carbocycles. The summed E-state index contributed by atoms with van der Waals surface area (Å²) in [7, 11) is -0.0200. The molecule has 0 atom stereocenters. The standard InChI is InChI=1S/C25H26O5.4C18H15P.C13H11BO3.C12H17BrO4.C4H8O2.Pd/c1-28-24-12-11-22(17-23(24)18-30-16-15-29-14-13-26)19-7-9-21(10-8-19)25(27)20-5-3-2-4-6-20;4*1-4-10-16(11-5-1)19(17-12-6-2-7-13-17)18-14-8-3-9-15-18;15-13(10-4-2-1-3-5-10)11-6-8-12(9-7-11)14(16)17;1-15-12-3-2-11(13)8-10(12)9-17-7-6-16-5-4-14;1-2-6-4-3-5-1;/h2-12,17,26H,13-16,18H2,1H3;4*1-15H;1-9,16-17H;2-3,8,14H,4-7,9H2,1H3;1-4H2;. The maximum absolute atomic E-state index is 12.6. The number of aliphatic hydroxyl groups excluding tert-OH is 2. The van der Waals surface area contributed by atoms with Gasteiger partial charge in [-0.1, -0.05) is 495 Å². The van der Waals surface area contributed by atoms with Gasteiger partial charge < -0.3 is 58.2 Å². The molecule has 19 rings (SSSR count).